The summed E-state index contributed by atoms with van der Waals surface area (Å²) in [5.74, 6) is 0.817. The third-order valence-corrected chi connectivity index (χ3v) is 3.66. The van der Waals surface area contributed by atoms with E-state index in [0.29, 0.717) is 34.1 Å². The van der Waals surface area contributed by atoms with Crippen molar-refractivity contribution < 1.29 is 28.8 Å². The zero-order valence-electron chi connectivity index (χ0n) is 14.5. The highest BCUT2D eigenvalue weighted by Gasteiger charge is 2.18. The van der Waals surface area contributed by atoms with E-state index in [1.807, 2.05) is 0 Å². The van der Waals surface area contributed by atoms with Crippen molar-refractivity contribution in [3.05, 3.63) is 47.5 Å². The van der Waals surface area contributed by atoms with Crippen LogP contribution in [0.2, 0.25) is 0 Å². The van der Waals surface area contributed by atoms with Gasteiger partial charge in [-0.05, 0) is 30.3 Å². The van der Waals surface area contributed by atoms with Crippen molar-refractivity contribution in [1.29, 1.82) is 0 Å². The Labute approximate surface area is 146 Å². The van der Waals surface area contributed by atoms with Crippen LogP contribution in [0.15, 0.2) is 36.4 Å². The summed E-state index contributed by atoms with van der Waals surface area (Å²) in [6, 6.07) is 10.2. The minimum atomic E-state index is -1.10. The maximum absolute atomic E-state index is 11.9. The number of hydrogen-bond donors (Lipinski definition) is 1. The van der Waals surface area contributed by atoms with Crippen LogP contribution in [0.25, 0.3) is 11.6 Å². The molecule has 0 aromatic heterocycles. The van der Waals surface area contributed by atoms with Gasteiger partial charge in [0.25, 0.3) is 0 Å². The molecular formula is C19H20O6. The first-order valence-electron chi connectivity index (χ1n) is 7.44. The van der Waals surface area contributed by atoms with Gasteiger partial charge >= 0.3 is 5.97 Å². The van der Waals surface area contributed by atoms with Crippen molar-refractivity contribution in [2.75, 3.05) is 28.4 Å². The Hall–Kier alpha value is -3.15. The molecule has 0 fully saturated rings. The number of hydrogen-bond acceptors (Lipinski definition) is 5. The van der Waals surface area contributed by atoms with Gasteiger partial charge in [0.2, 0.25) is 0 Å². The van der Waals surface area contributed by atoms with Crippen LogP contribution < -0.4 is 18.9 Å². The summed E-state index contributed by atoms with van der Waals surface area (Å²) in [6.45, 7) is 0. The zero-order valence-corrected chi connectivity index (χ0v) is 14.5. The van der Waals surface area contributed by atoms with Crippen molar-refractivity contribution in [2.45, 2.75) is 0 Å². The molecule has 0 saturated carbocycles. The number of methoxy groups -OCH3 is 4. The Bertz CT molecular complexity index is 794. The summed E-state index contributed by atoms with van der Waals surface area (Å²) < 4.78 is 21.1. The van der Waals surface area contributed by atoms with Crippen LogP contribution >= 0.6 is 0 Å². The summed E-state index contributed by atoms with van der Waals surface area (Å²) in [4.78, 5) is 11.9. The van der Waals surface area contributed by atoms with Gasteiger partial charge in [-0.15, -0.1) is 0 Å². The number of aliphatic carboxylic acids is 1. The lowest BCUT2D eigenvalue weighted by atomic mass is 10.0. The minimum Gasteiger partial charge on any atom is -0.497 e. The van der Waals surface area contributed by atoms with Crippen molar-refractivity contribution >= 4 is 17.6 Å². The molecule has 0 amide bonds. The molecule has 0 atom stereocenters. The largest absolute Gasteiger partial charge is 0.497 e. The fourth-order valence-electron chi connectivity index (χ4n) is 2.46. The molecule has 0 aliphatic rings. The van der Waals surface area contributed by atoms with Crippen molar-refractivity contribution in [1.82, 2.24) is 0 Å². The van der Waals surface area contributed by atoms with Crippen LogP contribution in [0.1, 0.15) is 11.1 Å². The van der Waals surface area contributed by atoms with E-state index in [1.54, 1.807) is 36.4 Å². The molecule has 1 N–H and O–H groups in total. The van der Waals surface area contributed by atoms with Gasteiger partial charge in [-0.3, -0.25) is 0 Å². The fraction of sp³-hybridized carbons (Fsp3) is 0.211. The lowest BCUT2D eigenvalue weighted by Crippen LogP contribution is -2.03. The molecule has 25 heavy (non-hydrogen) atoms. The third kappa shape index (κ3) is 3.85. The predicted octanol–water partition coefficient (Wildman–Crippen LogP) is 3.35. The van der Waals surface area contributed by atoms with Gasteiger partial charge in [0.15, 0.2) is 11.5 Å². The summed E-state index contributed by atoms with van der Waals surface area (Å²) in [7, 11) is 6.02. The number of carboxylic acid groups (broad SMARTS) is 1. The lowest BCUT2D eigenvalue weighted by Gasteiger charge is -2.13. The molecule has 0 heterocycles. The summed E-state index contributed by atoms with van der Waals surface area (Å²) in [5, 5.41) is 9.72. The number of carbonyl (C=O) groups is 1. The first kappa shape index (κ1) is 18.2. The van der Waals surface area contributed by atoms with E-state index in [0.717, 1.165) is 0 Å². The highest BCUT2D eigenvalue weighted by atomic mass is 16.5. The van der Waals surface area contributed by atoms with Crippen molar-refractivity contribution in [3.63, 3.8) is 0 Å². The van der Waals surface area contributed by atoms with Crippen LogP contribution in [0.3, 0.4) is 0 Å². The third-order valence-electron chi connectivity index (χ3n) is 3.66. The highest BCUT2D eigenvalue weighted by Crippen LogP contribution is 2.36. The second-order valence-corrected chi connectivity index (χ2v) is 5.01. The average Bonchev–Trinajstić information content (AvgIpc) is 2.64. The standard InChI is InChI=1S/C19H20O6/c1-22-13-8-9-16(23-2)14(11-13)15(19(20)21)10-12-6-5-7-17(24-3)18(12)25-4/h5-11H,1-4H3,(H,20,21)/b15-10-. The summed E-state index contributed by atoms with van der Waals surface area (Å²) in [6.07, 6.45) is 1.51. The van der Waals surface area contributed by atoms with E-state index >= 15 is 0 Å². The first-order chi connectivity index (χ1) is 12.0. The normalized spacial score (nSPS) is 11.0. The van der Waals surface area contributed by atoms with Crippen LogP contribution in [-0.2, 0) is 4.79 Å². The monoisotopic (exact) mass is 344 g/mol. The predicted molar refractivity (Wildman–Crippen MR) is 94.6 cm³/mol. The Morgan fingerprint density at radius 1 is 0.920 bits per heavy atom. The molecule has 6 heteroatoms. The van der Waals surface area contributed by atoms with Crippen LogP contribution in [0.5, 0.6) is 23.0 Å². The maximum atomic E-state index is 11.9. The van der Waals surface area contributed by atoms with Gasteiger partial charge in [0.05, 0.1) is 34.0 Å². The van der Waals surface area contributed by atoms with E-state index in [9.17, 15) is 9.90 Å². The fourth-order valence-corrected chi connectivity index (χ4v) is 2.46. The maximum Gasteiger partial charge on any atom is 0.336 e. The smallest absolute Gasteiger partial charge is 0.336 e. The van der Waals surface area contributed by atoms with Gasteiger partial charge in [0, 0.05) is 11.1 Å². The Morgan fingerprint density at radius 2 is 1.64 bits per heavy atom. The molecule has 6 nitrogen and oxygen atoms in total. The van der Waals surface area contributed by atoms with E-state index in [2.05, 4.69) is 0 Å². The van der Waals surface area contributed by atoms with E-state index in [1.165, 1.54) is 34.5 Å². The van der Waals surface area contributed by atoms with E-state index in [4.69, 9.17) is 18.9 Å². The molecule has 0 spiro atoms. The number of benzene rings is 2. The molecule has 0 bridgehead atoms. The molecule has 0 aliphatic heterocycles. The lowest BCUT2D eigenvalue weighted by molar-refractivity contribution is -0.130. The van der Waals surface area contributed by atoms with Crippen LogP contribution in [0.4, 0.5) is 0 Å². The number of para-hydroxylation sites is 1. The van der Waals surface area contributed by atoms with E-state index in [-0.39, 0.29) is 5.57 Å². The number of carboxylic acids is 1. The van der Waals surface area contributed by atoms with Gasteiger partial charge in [-0.2, -0.15) is 0 Å². The molecule has 132 valence electrons. The van der Waals surface area contributed by atoms with Crippen molar-refractivity contribution in [3.8, 4) is 23.0 Å². The second-order valence-electron chi connectivity index (χ2n) is 5.01. The van der Waals surface area contributed by atoms with Gasteiger partial charge in [-0.1, -0.05) is 12.1 Å². The molecule has 0 radical (unpaired) electrons. The van der Waals surface area contributed by atoms with Crippen molar-refractivity contribution in [2.24, 2.45) is 0 Å². The molecule has 2 aromatic carbocycles. The number of ether oxygens (including phenoxy) is 4. The Morgan fingerprint density at radius 3 is 2.20 bits per heavy atom. The molecule has 0 saturated heterocycles. The SMILES string of the molecule is COc1ccc(OC)c(/C(=C/c2cccc(OC)c2OC)C(=O)O)c1. The molecule has 2 aromatic rings. The topological polar surface area (TPSA) is 74.2 Å². The van der Waals surface area contributed by atoms with E-state index < -0.39 is 5.97 Å². The summed E-state index contributed by atoms with van der Waals surface area (Å²) >= 11 is 0. The molecule has 0 aliphatic carbocycles. The van der Waals surface area contributed by atoms with Gasteiger partial charge < -0.3 is 24.1 Å². The van der Waals surface area contributed by atoms with Gasteiger partial charge in [0.1, 0.15) is 11.5 Å². The minimum absolute atomic E-state index is 0.0438. The Balaban J connectivity index is 2.68. The first-order valence-corrected chi connectivity index (χ1v) is 7.44. The van der Waals surface area contributed by atoms with Gasteiger partial charge in [-0.25, -0.2) is 4.79 Å². The highest BCUT2D eigenvalue weighted by molar-refractivity contribution is 6.21. The van der Waals surface area contributed by atoms with Crippen LogP contribution in [0, 0.1) is 0 Å². The van der Waals surface area contributed by atoms with Crippen LogP contribution in [-0.4, -0.2) is 39.5 Å². The second kappa shape index (κ2) is 8.10. The molecule has 2 rings (SSSR count). The number of rotatable bonds is 7. The summed E-state index contributed by atoms with van der Waals surface area (Å²) in [5.41, 5.74) is 1.02. The Kier molecular flexibility index (Phi) is 5.89. The quantitative estimate of drug-likeness (QED) is 0.613. The average molecular weight is 344 g/mol. The zero-order chi connectivity index (χ0) is 18.4. The molecule has 0 unspecified atom stereocenters. The molecular weight excluding hydrogens is 324 g/mol.